The molecule has 1 fully saturated rings. The van der Waals surface area contributed by atoms with Gasteiger partial charge in [-0.1, -0.05) is 26.0 Å². The van der Waals surface area contributed by atoms with Gasteiger partial charge in [0, 0.05) is 51.2 Å². The van der Waals surface area contributed by atoms with E-state index < -0.39 is 0 Å². The molecule has 5 heteroatoms. The number of benzene rings is 1. The fourth-order valence-electron chi connectivity index (χ4n) is 3.30. The number of carbonyl (C=O) groups is 2. The van der Waals surface area contributed by atoms with Crippen molar-refractivity contribution in [3.05, 3.63) is 59.4 Å². The molecule has 1 unspecified atom stereocenters. The van der Waals surface area contributed by atoms with Crippen molar-refractivity contribution in [3.63, 3.8) is 0 Å². The molecule has 1 saturated heterocycles. The van der Waals surface area contributed by atoms with E-state index in [0.29, 0.717) is 37.7 Å². The smallest absolute Gasteiger partial charge is 0.255 e. The van der Waals surface area contributed by atoms with Gasteiger partial charge in [-0.05, 0) is 36.1 Å². The number of nitrogens with zero attached hydrogens (tertiary/aromatic N) is 3. The molecule has 1 aliphatic rings. The van der Waals surface area contributed by atoms with Crippen molar-refractivity contribution in [2.24, 2.45) is 7.05 Å². The second-order valence-electron chi connectivity index (χ2n) is 7.08. The second kappa shape index (κ2) is 7.77. The molecule has 5 nitrogen and oxygen atoms in total. The Morgan fingerprint density at radius 3 is 1.92 bits per heavy atom. The van der Waals surface area contributed by atoms with E-state index in [2.05, 4.69) is 26.0 Å². The van der Waals surface area contributed by atoms with Crippen LogP contribution in [0.15, 0.2) is 42.7 Å². The fraction of sp³-hybridized carbons (Fsp3) is 0.429. The average Bonchev–Trinajstić information content (AvgIpc) is 3.13. The largest absolute Gasteiger partial charge is 0.356 e. The van der Waals surface area contributed by atoms with Crippen LogP contribution in [-0.2, 0) is 7.05 Å². The van der Waals surface area contributed by atoms with Gasteiger partial charge in [0.25, 0.3) is 11.8 Å². The van der Waals surface area contributed by atoms with Crippen molar-refractivity contribution >= 4 is 11.8 Å². The normalized spacial score (nSPS) is 15.8. The van der Waals surface area contributed by atoms with E-state index in [1.165, 1.54) is 5.56 Å². The maximum atomic E-state index is 12.7. The molecule has 2 aromatic rings. The van der Waals surface area contributed by atoms with Gasteiger partial charge in [-0.3, -0.25) is 9.59 Å². The zero-order valence-electron chi connectivity index (χ0n) is 15.8. The highest BCUT2D eigenvalue weighted by atomic mass is 16.2. The van der Waals surface area contributed by atoms with Crippen molar-refractivity contribution in [1.29, 1.82) is 0 Å². The molecule has 1 aromatic heterocycles. The fourth-order valence-corrected chi connectivity index (χ4v) is 3.30. The molecular weight excluding hydrogens is 326 g/mol. The van der Waals surface area contributed by atoms with Gasteiger partial charge < -0.3 is 14.4 Å². The molecule has 0 aliphatic carbocycles. The molecule has 0 radical (unpaired) electrons. The predicted molar refractivity (Wildman–Crippen MR) is 102 cm³/mol. The van der Waals surface area contributed by atoms with Gasteiger partial charge in [-0.15, -0.1) is 0 Å². The minimum absolute atomic E-state index is 0.0376. The van der Waals surface area contributed by atoms with E-state index in [0.717, 1.165) is 12.0 Å². The molecule has 2 heterocycles. The molecule has 2 amide bonds. The first-order valence-corrected chi connectivity index (χ1v) is 9.30. The number of aryl methyl sites for hydroxylation is 1. The number of hydrogen-bond donors (Lipinski definition) is 0. The first-order valence-electron chi connectivity index (χ1n) is 9.30. The summed E-state index contributed by atoms with van der Waals surface area (Å²) < 4.78 is 1.87. The molecule has 1 atom stereocenters. The number of aromatic nitrogens is 1. The van der Waals surface area contributed by atoms with Crippen LogP contribution in [-0.4, -0.2) is 52.4 Å². The maximum Gasteiger partial charge on any atom is 0.255 e. The standard InChI is InChI=1S/C21H27N3O2/c1-4-16(2)17-5-7-18(8-6-17)20(25)23-11-13-24(14-12-23)21(26)19-9-10-22(3)15-19/h5-10,15-16H,4,11-14H2,1-3H3. The summed E-state index contributed by atoms with van der Waals surface area (Å²) in [5.74, 6) is 0.592. The van der Waals surface area contributed by atoms with Crippen molar-refractivity contribution < 1.29 is 9.59 Å². The monoisotopic (exact) mass is 353 g/mol. The number of amides is 2. The molecule has 138 valence electrons. The Bertz CT molecular complexity index is 771. The van der Waals surface area contributed by atoms with E-state index in [9.17, 15) is 9.59 Å². The van der Waals surface area contributed by atoms with Crippen LogP contribution in [0.5, 0.6) is 0 Å². The Labute approximate surface area is 155 Å². The summed E-state index contributed by atoms with van der Waals surface area (Å²) in [7, 11) is 1.90. The number of piperazine rings is 1. The third-order valence-corrected chi connectivity index (χ3v) is 5.27. The predicted octanol–water partition coefficient (Wildman–Crippen LogP) is 3.14. The zero-order chi connectivity index (χ0) is 18.7. The summed E-state index contributed by atoms with van der Waals surface area (Å²) >= 11 is 0. The Kier molecular flexibility index (Phi) is 5.45. The third kappa shape index (κ3) is 3.82. The van der Waals surface area contributed by atoms with Crippen LogP contribution in [0, 0.1) is 0 Å². The van der Waals surface area contributed by atoms with Crippen LogP contribution in [0.2, 0.25) is 0 Å². The highest BCUT2D eigenvalue weighted by molar-refractivity contribution is 5.96. The highest BCUT2D eigenvalue weighted by Crippen LogP contribution is 2.20. The zero-order valence-corrected chi connectivity index (χ0v) is 15.8. The summed E-state index contributed by atoms with van der Waals surface area (Å²) in [6.07, 6.45) is 4.79. The Morgan fingerprint density at radius 1 is 0.923 bits per heavy atom. The second-order valence-corrected chi connectivity index (χ2v) is 7.08. The summed E-state index contributed by atoms with van der Waals surface area (Å²) in [6, 6.07) is 9.78. The van der Waals surface area contributed by atoms with Gasteiger partial charge in [-0.25, -0.2) is 0 Å². The summed E-state index contributed by atoms with van der Waals surface area (Å²) in [5, 5.41) is 0. The minimum atomic E-state index is 0.0376. The Hall–Kier alpha value is -2.56. The quantitative estimate of drug-likeness (QED) is 0.848. The van der Waals surface area contributed by atoms with Gasteiger partial charge in [0.05, 0.1) is 5.56 Å². The molecule has 0 saturated carbocycles. The Balaban J connectivity index is 1.59. The summed E-state index contributed by atoms with van der Waals surface area (Å²) in [5.41, 5.74) is 2.69. The van der Waals surface area contributed by atoms with Crippen LogP contribution >= 0.6 is 0 Å². The molecule has 26 heavy (non-hydrogen) atoms. The number of carbonyl (C=O) groups excluding carboxylic acids is 2. The molecule has 1 aromatic carbocycles. The van der Waals surface area contributed by atoms with Crippen LogP contribution in [0.3, 0.4) is 0 Å². The van der Waals surface area contributed by atoms with E-state index in [-0.39, 0.29) is 11.8 Å². The van der Waals surface area contributed by atoms with Crippen molar-refractivity contribution in [1.82, 2.24) is 14.4 Å². The van der Waals surface area contributed by atoms with E-state index in [1.54, 1.807) is 0 Å². The van der Waals surface area contributed by atoms with Gasteiger partial charge in [0.2, 0.25) is 0 Å². The minimum Gasteiger partial charge on any atom is -0.356 e. The van der Waals surface area contributed by atoms with E-state index in [4.69, 9.17) is 0 Å². The number of rotatable bonds is 4. The van der Waals surface area contributed by atoms with Gasteiger partial charge in [-0.2, -0.15) is 0 Å². The van der Waals surface area contributed by atoms with Crippen molar-refractivity contribution in [2.45, 2.75) is 26.2 Å². The lowest BCUT2D eigenvalue weighted by Crippen LogP contribution is -2.50. The third-order valence-electron chi connectivity index (χ3n) is 5.27. The molecular formula is C21H27N3O2. The van der Waals surface area contributed by atoms with Gasteiger partial charge in [0.15, 0.2) is 0 Å². The lowest BCUT2D eigenvalue weighted by molar-refractivity contribution is 0.0535. The Morgan fingerprint density at radius 2 is 1.46 bits per heavy atom. The first kappa shape index (κ1) is 18.2. The number of hydrogen-bond acceptors (Lipinski definition) is 2. The lowest BCUT2D eigenvalue weighted by atomic mass is 9.97. The molecule has 3 rings (SSSR count). The molecule has 0 N–H and O–H groups in total. The van der Waals surface area contributed by atoms with Gasteiger partial charge >= 0.3 is 0 Å². The average molecular weight is 353 g/mol. The van der Waals surface area contributed by atoms with Crippen LogP contribution in [0.1, 0.15) is 52.5 Å². The van der Waals surface area contributed by atoms with E-state index >= 15 is 0 Å². The topological polar surface area (TPSA) is 45.6 Å². The molecule has 1 aliphatic heterocycles. The summed E-state index contributed by atoms with van der Waals surface area (Å²) in [6.45, 7) is 6.66. The highest BCUT2D eigenvalue weighted by Gasteiger charge is 2.25. The molecule has 0 bridgehead atoms. The first-order chi connectivity index (χ1) is 12.5. The SMILES string of the molecule is CCC(C)c1ccc(C(=O)N2CCN(C(=O)c3ccn(C)c3)CC2)cc1. The van der Waals surface area contributed by atoms with Gasteiger partial charge in [0.1, 0.15) is 0 Å². The summed E-state index contributed by atoms with van der Waals surface area (Å²) in [4.78, 5) is 28.9. The van der Waals surface area contributed by atoms with Crippen molar-refractivity contribution in [3.8, 4) is 0 Å². The lowest BCUT2D eigenvalue weighted by Gasteiger charge is -2.34. The van der Waals surface area contributed by atoms with Crippen LogP contribution in [0.25, 0.3) is 0 Å². The maximum absolute atomic E-state index is 12.7. The molecule has 0 spiro atoms. The van der Waals surface area contributed by atoms with E-state index in [1.807, 2.05) is 52.0 Å². The van der Waals surface area contributed by atoms with Crippen LogP contribution in [0.4, 0.5) is 0 Å². The van der Waals surface area contributed by atoms with Crippen LogP contribution < -0.4 is 0 Å². The van der Waals surface area contributed by atoms with Crippen molar-refractivity contribution in [2.75, 3.05) is 26.2 Å².